The lowest BCUT2D eigenvalue weighted by atomic mass is 10.2. The molecule has 2 aromatic carbocycles. The second-order valence-corrected chi connectivity index (χ2v) is 4.63. The van der Waals surface area contributed by atoms with Crippen LogP contribution >= 0.6 is 0 Å². The van der Waals surface area contributed by atoms with Gasteiger partial charge in [0.2, 0.25) is 0 Å². The minimum atomic E-state index is -0.945. The number of ether oxygens (including phenoxy) is 1. The Labute approximate surface area is 115 Å². The highest BCUT2D eigenvalue weighted by Gasteiger charge is 2.04. The predicted octanol–water partition coefficient (Wildman–Crippen LogP) is 3.97. The first-order valence-corrected chi connectivity index (χ1v) is 6.22. The first kappa shape index (κ1) is 12.3. The van der Waals surface area contributed by atoms with Crippen LogP contribution in [0.15, 0.2) is 48.5 Å². The molecule has 0 aliphatic carbocycles. The molecule has 0 amide bonds. The summed E-state index contributed by atoms with van der Waals surface area (Å²) in [4.78, 5) is 14.0. The number of rotatable bonds is 3. The lowest BCUT2D eigenvalue weighted by Gasteiger charge is -2.06. The fourth-order valence-corrected chi connectivity index (χ4v) is 2.12. The van der Waals surface area contributed by atoms with Gasteiger partial charge in [-0.05, 0) is 54.8 Å². The number of aromatic nitrogens is 1. The smallest absolute Gasteiger partial charge is 0.335 e. The maximum atomic E-state index is 10.8. The zero-order valence-electron chi connectivity index (χ0n) is 10.9. The summed E-state index contributed by atoms with van der Waals surface area (Å²) in [6, 6.07) is 14.2. The molecule has 100 valence electrons. The minimum Gasteiger partial charge on any atom is -0.478 e. The lowest BCUT2D eigenvalue weighted by molar-refractivity contribution is 0.0697. The van der Waals surface area contributed by atoms with E-state index in [1.807, 2.05) is 25.1 Å². The van der Waals surface area contributed by atoms with Crippen molar-refractivity contribution in [3.8, 4) is 11.5 Å². The van der Waals surface area contributed by atoms with Crippen LogP contribution in [0.1, 0.15) is 16.1 Å². The van der Waals surface area contributed by atoms with Gasteiger partial charge in [-0.2, -0.15) is 0 Å². The Hall–Kier alpha value is -2.75. The number of H-pyrrole nitrogens is 1. The van der Waals surface area contributed by atoms with E-state index in [4.69, 9.17) is 9.84 Å². The average Bonchev–Trinajstić information content (AvgIpc) is 2.78. The molecule has 1 heterocycles. The number of hydrogen-bond acceptors (Lipinski definition) is 2. The van der Waals surface area contributed by atoms with Gasteiger partial charge in [0.05, 0.1) is 5.56 Å². The van der Waals surface area contributed by atoms with E-state index in [9.17, 15) is 4.79 Å². The summed E-state index contributed by atoms with van der Waals surface area (Å²) >= 11 is 0. The van der Waals surface area contributed by atoms with Gasteiger partial charge in [0.25, 0.3) is 0 Å². The van der Waals surface area contributed by atoms with Gasteiger partial charge >= 0.3 is 5.97 Å². The first-order chi connectivity index (χ1) is 9.61. The molecule has 1 aromatic heterocycles. The second kappa shape index (κ2) is 4.74. The van der Waals surface area contributed by atoms with E-state index < -0.39 is 5.97 Å². The number of aromatic amines is 1. The fraction of sp³-hybridized carbons (Fsp3) is 0.0625. The Balaban J connectivity index is 1.86. The van der Waals surface area contributed by atoms with Crippen LogP contribution in [-0.4, -0.2) is 16.1 Å². The summed E-state index contributed by atoms with van der Waals surface area (Å²) in [6.45, 7) is 2.01. The summed E-state index contributed by atoms with van der Waals surface area (Å²) < 4.78 is 5.72. The predicted molar refractivity (Wildman–Crippen MR) is 76.5 cm³/mol. The van der Waals surface area contributed by atoms with Gasteiger partial charge in [-0.15, -0.1) is 0 Å². The largest absolute Gasteiger partial charge is 0.478 e. The highest BCUT2D eigenvalue weighted by molar-refractivity contribution is 5.87. The van der Waals surface area contributed by atoms with Crippen LogP contribution in [-0.2, 0) is 0 Å². The minimum absolute atomic E-state index is 0.243. The molecule has 0 radical (unpaired) electrons. The third-order valence-electron chi connectivity index (χ3n) is 3.07. The molecule has 0 saturated carbocycles. The van der Waals surface area contributed by atoms with Gasteiger partial charge in [0.15, 0.2) is 0 Å². The molecule has 4 nitrogen and oxygen atoms in total. The Morgan fingerprint density at radius 3 is 2.45 bits per heavy atom. The van der Waals surface area contributed by atoms with Gasteiger partial charge in [-0.25, -0.2) is 4.79 Å². The number of carbonyl (C=O) groups is 1. The quantitative estimate of drug-likeness (QED) is 0.754. The molecule has 4 heteroatoms. The lowest BCUT2D eigenvalue weighted by Crippen LogP contribution is -1.95. The summed E-state index contributed by atoms with van der Waals surface area (Å²) in [6.07, 6.45) is 0. The Kier molecular flexibility index (Phi) is 2.91. The van der Waals surface area contributed by atoms with Crippen molar-refractivity contribution in [3.63, 3.8) is 0 Å². The van der Waals surface area contributed by atoms with Crippen molar-refractivity contribution in [1.82, 2.24) is 4.98 Å². The number of aryl methyl sites for hydroxylation is 1. The molecule has 0 saturated heterocycles. The van der Waals surface area contributed by atoms with E-state index >= 15 is 0 Å². The topological polar surface area (TPSA) is 62.3 Å². The number of aromatic carboxylic acids is 1. The number of nitrogens with one attached hydrogen (secondary N) is 1. The number of hydrogen-bond donors (Lipinski definition) is 2. The van der Waals surface area contributed by atoms with E-state index in [1.54, 1.807) is 12.1 Å². The van der Waals surface area contributed by atoms with E-state index in [0.29, 0.717) is 11.5 Å². The summed E-state index contributed by atoms with van der Waals surface area (Å²) in [7, 11) is 0. The van der Waals surface area contributed by atoms with Crippen molar-refractivity contribution in [2.75, 3.05) is 0 Å². The Morgan fingerprint density at radius 1 is 1.05 bits per heavy atom. The molecule has 0 atom stereocenters. The van der Waals surface area contributed by atoms with Gasteiger partial charge in [-0.1, -0.05) is 0 Å². The molecule has 0 aliphatic rings. The average molecular weight is 267 g/mol. The van der Waals surface area contributed by atoms with E-state index in [-0.39, 0.29) is 5.56 Å². The molecule has 0 unspecified atom stereocenters. The summed E-state index contributed by atoms with van der Waals surface area (Å²) in [5.74, 6) is 0.375. The normalized spacial score (nSPS) is 10.7. The van der Waals surface area contributed by atoms with Crippen LogP contribution in [0.2, 0.25) is 0 Å². The molecule has 3 rings (SSSR count). The number of carboxylic acid groups (broad SMARTS) is 1. The maximum absolute atomic E-state index is 10.8. The van der Waals surface area contributed by atoms with Gasteiger partial charge in [-0.3, -0.25) is 0 Å². The zero-order valence-corrected chi connectivity index (χ0v) is 10.9. The van der Waals surface area contributed by atoms with Crippen molar-refractivity contribution in [2.45, 2.75) is 6.92 Å². The van der Waals surface area contributed by atoms with E-state index in [2.05, 4.69) is 11.1 Å². The molecular formula is C16H13NO3. The maximum Gasteiger partial charge on any atom is 0.335 e. The molecule has 0 spiro atoms. The van der Waals surface area contributed by atoms with Crippen molar-refractivity contribution in [2.24, 2.45) is 0 Å². The Morgan fingerprint density at radius 2 is 1.75 bits per heavy atom. The fourth-order valence-electron chi connectivity index (χ4n) is 2.12. The van der Waals surface area contributed by atoms with Crippen LogP contribution in [0.3, 0.4) is 0 Å². The van der Waals surface area contributed by atoms with Crippen molar-refractivity contribution in [3.05, 3.63) is 59.8 Å². The highest BCUT2D eigenvalue weighted by atomic mass is 16.5. The standard InChI is InChI=1S/C16H13NO3/c1-10-8-12-4-7-14(9-15(12)17-10)20-13-5-2-11(3-6-13)16(18)19/h2-9,17H,1H3,(H,18,19). The number of benzene rings is 2. The van der Waals surface area contributed by atoms with Crippen LogP contribution < -0.4 is 4.74 Å². The zero-order chi connectivity index (χ0) is 14.1. The van der Waals surface area contributed by atoms with Gasteiger partial charge in [0.1, 0.15) is 11.5 Å². The third kappa shape index (κ3) is 2.36. The van der Waals surface area contributed by atoms with Gasteiger partial charge < -0.3 is 14.8 Å². The van der Waals surface area contributed by atoms with Crippen LogP contribution in [0.4, 0.5) is 0 Å². The highest BCUT2D eigenvalue weighted by Crippen LogP contribution is 2.26. The SMILES string of the molecule is Cc1cc2ccc(Oc3ccc(C(=O)O)cc3)cc2[nH]1. The van der Waals surface area contributed by atoms with E-state index in [0.717, 1.165) is 16.6 Å². The Bertz CT molecular complexity index is 772. The number of carboxylic acids is 1. The van der Waals surface area contributed by atoms with Crippen LogP contribution in [0.25, 0.3) is 10.9 Å². The van der Waals surface area contributed by atoms with Crippen molar-refractivity contribution >= 4 is 16.9 Å². The summed E-state index contributed by atoms with van der Waals surface area (Å²) in [5, 5.41) is 9.98. The van der Waals surface area contributed by atoms with Gasteiger partial charge in [0, 0.05) is 17.3 Å². The van der Waals surface area contributed by atoms with Crippen molar-refractivity contribution in [1.29, 1.82) is 0 Å². The van der Waals surface area contributed by atoms with Crippen LogP contribution in [0, 0.1) is 6.92 Å². The first-order valence-electron chi connectivity index (χ1n) is 6.22. The molecular weight excluding hydrogens is 254 g/mol. The molecule has 0 fully saturated rings. The molecule has 20 heavy (non-hydrogen) atoms. The van der Waals surface area contributed by atoms with Crippen molar-refractivity contribution < 1.29 is 14.6 Å². The molecule has 2 N–H and O–H groups in total. The summed E-state index contributed by atoms with van der Waals surface area (Å²) in [5.41, 5.74) is 2.36. The number of fused-ring (bicyclic) bond motifs is 1. The monoisotopic (exact) mass is 267 g/mol. The third-order valence-corrected chi connectivity index (χ3v) is 3.07. The molecule has 0 bridgehead atoms. The van der Waals surface area contributed by atoms with E-state index in [1.165, 1.54) is 12.1 Å². The second-order valence-electron chi connectivity index (χ2n) is 4.63. The van der Waals surface area contributed by atoms with Crippen LogP contribution in [0.5, 0.6) is 11.5 Å². The molecule has 3 aromatic rings. The molecule has 0 aliphatic heterocycles.